The number of fused-ring (bicyclic) bond motifs is 1. The fraction of sp³-hybridized carbons (Fsp3) is 0.395. The van der Waals surface area contributed by atoms with Crippen molar-refractivity contribution < 1.29 is 8.78 Å². The zero-order valence-electron chi connectivity index (χ0n) is 26.6. The largest absolute Gasteiger partial charge is 0.384 e. The number of halogens is 2. The molecule has 1 heterocycles. The maximum Gasteiger partial charge on any atom is 0.256 e. The quantitative estimate of drug-likeness (QED) is 0.221. The Bertz CT molecular complexity index is 1610. The second kappa shape index (κ2) is 10.8. The van der Waals surface area contributed by atoms with Crippen LogP contribution in [0.15, 0.2) is 85.6 Å². The van der Waals surface area contributed by atoms with Gasteiger partial charge in [0.2, 0.25) is 0 Å². The van der Waals surface area contributed by atoms with Crippen LogP contribution in [0.25, 0.3) is 17.0 Å². The van der Waals surface area contributed by atoms with Crippen LogP contribution in [-0.4, -0.2) is 17.5 Å². The molecule has 2 aliphatic carbocycles. The van der Waals surface area contributed by atoms with Crippen LogP contribution >= 0.6 is 0 Å². The molecule has 0 unspecified atom stereocenters. The minimum absolute atomic E-state index is 0.0241. The summed E-state index contributed by atoms with van der Waals surface area (Å²) in [5.41, 5.74) is 9.13. The zero-order valence-corrected chi connectivity index (χ0v) is 26.6. The van der Waals surface area contributed by atoms with E-state index in [2.05, 4.69) is 96.2 Å². The molecule has 2 aromatic carbocycles. The van der Waals surface area contributed by atoms with Gasteiger partial charge in [0.15, 0.2) is 0 Å². The average molecular weight is 582 g/mol. The molecule has 3 aromatic rings. The molecule has 2 aliphatic rings. The maximum atomic E-state index is 14.0. The van der Waals surface area contributed by atoms with Crippen LogP contribution in [0.2, 0.25) is 0 Å². The Labute approximate surface area is 256 Å². The molecule has 0 aliphatic heterocycles. The molecule has 5 heteroatoms. The number of pyridine rings is 1. The Kier molecular flexibility index (Phi) is 7.69. The first-order valence-corrected chi connectivity index (χ1v) is 15.2. The lowest BCUT2D eigenvalue weighted by atomic mass is 9.64. The first-order chi connectivity index (χ1) is 20.0. The molecule has 3 nitrogen and oxygen atoms in total. The van der Waals surface area contributed by atoms with Crippen molar-refractivity contribution in [3.63, 3.8) is 0 Å². The number of aromatic nitrogens is 1. The van der Waals surface area contributed by atoms with E-state index in [0.29, 0.717) is 0 Å². The van der Waals surface area contributed by atoms with Crippen molar-refractivity contribution in [2.75, 3.05) is 11.9 Å². The fourth-order valence-corrected chi connectivity index (χ4v) is 6.02. The summed E-state index contributed by atoms with van der Waals surface area (Å²) in [7, 11) is 0. The summed E-state index contributed by atoms with van der Waals surface area (Å²) < 4.78 is 28.0. The smallest absolute Gasteiger partial charge is 0.256 e. The van der Waals surface area contributed by atoms with Crippen LogP contribution in [0.3, 0.4) is 0 Å². The highest BCUT2D eigenvalue weighted by Gasteiger charge is 2.48. The van der Waals surface area contributed by atoms with E-state index in [4.69, 9.17) is 4.98 Å². The van der Waals surface area contributed by atoms with Gasteiger partial charge in [0.25, 0.3) is 5.92 Å². The third-order valence-corrected chi connectivity index (χ3v) is 10.3. The number of aryl methyl sites for hydroxylation is 1. The van der Waals surface area contributed by atoms with E-state index in [0.717, 1.165) is 81.2 Å². The minimum Gasteiger partial charge on any atom is -0.384 e. The fourth-order valence-electron chi connectivity index (χ4n) is 6.02. The van der Waals surface area contributed by atoms with Gasteiger partial charge in [-0.25, -0.2) is 13.8 Å². The van der Waals surface area contributed by atoms with Crippen molar-refractivity contribution in [3.8, 4) is 11.3 Å². The van der Waals surface area contributed by atoms with Crippen molar-refractivity contribution in [1.82, 2.24) is 10.3 Å². The van der Waals surface area contributed by atoms with Crippen LogP contribution in [0.5, 0.6) is 0 Å². The van der Waals surface area contributed by atoms with Gasteiger partial charge in [0.1, 0.15) is 5.82 Å². The zero-order chi connectivity index (χ0) is 31.4. The minimum atomic E-state index is -2.65. The molecular formula is C38H45F2N3. The molecule has 0 bridgehead atoms. The Morgan fingerprint density at radius 1 is 0.930 bits per heavy atom. The Balaban J connectivity index is 1.32. The van der Waals surface area contributed by atoms with E-state index in [-0.39, 0.29) is 29.1 Å². The SMILES string of the molecule is C=C(NCC(C)(C)C(C)(C)C(=C)C)c1cccc(-c2nc(NC(=C)C3(c4ccc5c(c4)CC(F)(F)C5)CC3)ccc2C)c1. The van der Waals surface area contributed by atoms with Gasteiger partial charge in [0.05, 0.1) is 5.69 Å². The van der Waals surface area contributed by atoms with E-state index >= 15 is 0 Å². The van der Waals surface area contributed by atoms with Crippen LogP contribution < -0.4 is 10.6 Å². The summed E-state index contributed by atoms with van der Waals surface area (Å²) in [6.45, 7) is 26.9. The van der Waals surface area contributed by atoms with Crippen molar-refractivity contribution >= 4 is 11.5 Å². The van der Waals surface area contributed by atoms with Gasteiger partial charge in [-0.05, 0) is 77.5 Å². The van der Waals surface area contributed by atoms with Crippen LogP contribution in [0, 0.1) is 17.8 Å². The van der Waals surface area contributed by atoms with Crippen molar-refractivity contribution in [1.29, 1.82) is 0 Å². The molecule has 1 saturated carbocycles. The summed E-state index contributed by atoms with van der Waals surface area (Å²) in [4.78, 5) is 5.00. The van der Waals surface area contributed by atoms with Crippen molar-refractivity contribution in [2.24, 2.45) is 10.8 Å². The summed E-state index contributed by atoms with van der Waals surface area (Å²) in [6, 6.07) is 18.2. The monoisotopic (exact) mass is 581 g/mol. The van der Waals surface area contributed by atoms with Gasteiger partial charge in [-0.15, -0.1) is 0 Å². The molecule has 226 valence electrons. The number of anilines is 1. The molecule has 0 atom stereocenters. The number of hydrogen-bond donors (Lipinski definition) is 2. The first-order valence-electron chi connectivity index (χ1n) is 15.2. The third kappa shape index (κ3) is 5.91. The van der Waals surface area contributed by atoms with Gasteiger partial charge in [-0.2, -0.15) is 0 Å². The molecular weight excluding hydrogens is 536 g/mol. The summed E-state index contributed by atoms with van der Waals surface area (Å²) in [6.07, 6.45) is 1.52. The topological polar surface area (TPSA) is 37.0 Å². The van der Waals surface area contributed by atoms with Crippen LogP contribution in [0.1, 0.15) is 75.3 Å². The highest BCUT2D eigenvalue weighted by molar-refractivity contribution is 5.72. The van der Waals surface area contributed by atoms with E-state index in [1.165, 1.54) is 0 Å². The lowest BCUT2D eigenvalue weighted by Gasteiger charge is -2.43. The highest BCUT2D eigenvalue weighted by Crippen LogP contribution is 2.54. The second-order valence-corrected chi connectivity index (χ2v) is 13.9. The van der Waals surface area contributed by atoms with Crippen LogP contribution in [-0.2, 0) is 18.3 Å². The molecule has 0 radical (unpaired) electrons. The predicted molar refractivity (Wildman–Crippen MR) is 176 cm³/mol. The molecule has 0 amide bonds. The number of allylic oxidation sites excluding steroid dienone is 2. The lowest BCUT2D eigenvalue weighted by Crippen LogP contribution is -2.41. The molecule has 0 spiro atoms. The van der Waals surface area contributed by atoms with Crippen LogP contribution in [0.4, 0.5) is 14.6 Å². The predicted octanol–water partition coefficient (Wildman–Crippen LogP) is 9.64. The third-order valence-electron chi connectivity index (χ3n) is 10.3. The summed E-state index contributed by atoms with van der Waals surface area (Å²) >= 11 is 0. The van der Waals surface area contributed by atoms with E-state index in [1.807, 2.05) is 30.3 Å². The standard InChI is InChI=1S/C38H45F2N3/c1-24(2)36(8,9)35(6,7)23-41-26(4)28-11-10-12-29(19-28)34-25(3)13-16-33(43-34)42-27(5)37(17-18-37)32-15-14-30-21-38(39,40)22-31(30)20-32/h10-16,19-20,41H,1,4-5,17-18,21-23H2,2-3,6-9H3,(H,42,43). The maximum absolute atomic E-state index is 14.0. The number of alkyl halides is 2. The van der Waals surface area contributed by atoms with E-state index in [9.17, 15) is 8.78 Å². The Morgan fingerprint density at radius 3 is 2.30 bits per heavy atom. The molecule has 5 rings (SSSR count). The highest BCUT2D eigenvalue weighted by atomic mass is 19.3. The van der Waals surface area contributed by atoms with Gasteiger partial charge in [-0.3, -0.25) is 0 Å². The number of hydrogen-bond acceptors (Lipinski definition) is 3. The molecule has 2 N–H and O–H groups in total. The number of benzene rings is 2. The Hall–Kier alpha value is -3.73. The van der Waals surface area contributed by atoms with Gasteiger partial charge in [-0.1, -0.05) is 95.5 Å². The van der Waals surface area contributed by atoms with Gasteiger partial charge >= 0.3 is 0 Å². The van der Waals surface area contributed by atoms with Crippen molar-refractivity contribution in [2.45, 2.75) is 78.6 Å². The number of nitrogens with one attached hydrogen (secondary N) is 2. The molecule has 1 aromatic heterocycles. The van der Waals surface area contributed by atoms with E-state index < -0.39 is 5.92 Å². The first kappa shape index (κ1) is 30.7. The average Bonchev–Trinajstić information content (AvgIpc) is 3.69. The summed E-state index contributed by atoms with van der Waals surface area (Å²) in [5, 5.41) is 7.04. The van der Waals surface area contributed by atoms with Crippen molar-refractivity contribution in [3.05, 3.63) is 113 Å². The number of rotatable bonds is 11. The summed E-state index contributed by atoms with van der Waals surface area (Å²) in [5.74, 6) is -1.93. The van der Waals surface area contributed by atoms with E-state index in [1.54, 1.807) is 0 Å². The second-order valence-electron chi connectivity index (χ2n) is 13.9. The molecule has 43 heavy (non-hydrogen) atoms. The van der Waals surface area contributed by atoms with Gasteiger partial charge < -0.3 is 10.6 Å². The van der Waals surface area contributed by atoms with Gasteiger partial charge in [0, 0.05) is 41.8 Å². The normalized spacial score (nSPS) is 16.7. The molecule has 1 fully saturated rings. The molecule has 0 saturated heterocycles. The lowest BCUT2D eigenvalue weighted by molar-refractivity contribution is 0.0130. The Morgan fingerprint density at radius 2 is 1.63 bits per heavy atom. The number of nitrogens with zero attached hydrogens (tertiary/aromatic N) is 1.